The van der Waals surface area contributed by atoms with Gasteiger partial charge in [-0.05, 0) is 40.2 Å². The molecule has 0 radical (unpaired) electrons. The first-order valence-corrected chi connectivity index (χ1v) is 6.61. The van der Waals surface area contributed by atoms with Crippen LogP contribution in [0.1, 0.15) is 15.9 Å². The molecule has 0 amide bonds. The lowest BCUT2D eigenvalue weighted by Gasteiger charge is -2.08. The average molecular weight is 320 g/mol. The van der Waals surface area contributed by atoms with Crippen LogP contribution in [0.2, 0.25) is 0 Å². The molecule has 2 aromatic rings. The summed E-state index contributed by atoms with van der Waals surface area (Å²) >= 11 is 3.36. The summed E-state index contributed by atoms with van der Waals surface area (Å²) in [5.41, 5.74) is 7.79. The van der Waals surface area contributed by atoms with Crippen molar-refractivity contribution in [3.05, 3.63) is 58.1 Å². The number of halogens is 1. The van der Waals surface area contributed by atoms with Crippen LogP contribution in [0.4, 0.5) is 5.69 Å². The van der Waals surface area contributed by atoms with E-state index in [1.54, 1.807) is 25.3 Å². The van der Waals surface area contributed by atoms with Crippen LogP contribution in [0.15, 0.2) is 46.9 Å². The maximum absolute atomic E-state index is 12.3. The minimum atomic E-state index is 0.0244. The number of para-hydroxylation sites is 1. The van der Waals surface area contributed by atoms with Crippen LogP contribution in [0, 0.1) is 0 Å². The minimum Gasteiger partial charge on any atom is -0.496 e. The van der Waals surface area contributed by atoms with Gasteiger partial charge in [0.15, 0.2) is 5.78 Å². The molecule has 0 bridgehead atoms. The topological polar surface area (TPSA) is 52.3 Å². The number of ketones is 1. The van der Waals surface area contributed by atoms with Gasteiger partial charge in [0.2, 0.25) is 0 Å². The number of hydrogen-bond donors (Lipinski definition) is 1. The van der Waals surface area contributed by atoms with Gasteiger partial charge in [0.1, 0.15) is 5.75 Å². The summed E-state index contributed by atoms with van der Waals surface area (Å²) < 4.78 is 5.96. The number of nitrogens with two attached hydrogens (primary N) is 1. The zero-order valence-corrected chi connectivity index (χ0v) is 12.1. The van der Waals surface area contributed by atoms with Gasteiger partial charge in [0, 0.05) is 27.7 Å². The average Bonchev–Trinajstić information content (AvgIpc) is 2.39. The van der Waals surface area contributed by atoms with Crippen molar-refractivity contribution < 1.29 is 9.53 Å². The number of ether oxygens (including phenoxy) is 1. The predicted octanol–water partition coefficient (Wildman–Crippen LogP) is 3.47. The van der Waals surface area contributed by atoms with Crippen LogP contribution in [-0.2, 0) is 6.42 Å². The fourth-order valence-electron chi connectivity index (χ4n) is 1.87. The second kappa shape index (κ2) is 5.89. The monoisotopic (exact) mass is 319 g/mol. The van der Waals surface area contributed by atoms with E-state index in [4.69, 9.17) is 10.5 Å². The van der Waals surface area contributed by atoms with Crippen molar-refractivity contribution in [3.8, 4) is 5.75 Å². The maximum Gasteiger partial charge on any atom is 0.168 e. The molecule has 0 heterocycles. The molecule has 4 heteroatoms. The molecule has 3 nitrogen and oxygen atoms in total. The largest absolute Gasteiger partial charge is 0.496 e. The summed E-state index contributed by atoms with van der Waals surface area (Å²) in [6.45, 7) is 0. The lowest BCUT2D eigenvalue weighted by molar-refractivity contribution is 0.0991. The molecule has 2 N–H and O–H groups in total. The fourth-order valence-corrected chi connectivity index (χ4v) is 2.49. The summed E-state index contributed by atoms with van der Waals surface area (Å²) in [5, 5.41) is 0. The smallest absolute Gasteiger partial charge is 0.168 e. The predicted molar refractivity (Wildman–Crippen MR) is 79.6 cm³/mol. The van der Waals surface area contributed by atoms with Gasteiger partial charge >= 0.3 is 0 Å². The standard InChI is InChI=1S/C15H14BrNO2/c1-19-15-5-3-2-4-10(15)8-14(18)12-7-6-11(17)9-13(12)16/h2-7,9H,8,17H2,1H3. The van der Waals surface area contributed by atoms with Crippen molar-refractivity contribution in [2.75, 3.05) is 12.8 Å². The van der Waals surface area contributed by atoms with Crippen LogP contribution >= 0.6 is 15.9 Å². The van der Waals surface area contributed by atoms with E-state index in [0.29, 0.717) is 22.1 Å². The Hall–Kier alpha value is -1.81. The summed E-state index contributed by atoms with van der Waals surface area (Å²) in [7, 11) is 1.60. The van der Waals surface area contributed by atoms with Gasteiger partial charge in [-0.25, -0.2) is 0 Å². The molecule has 0 aromatic heterocycles. The van der Waals surface area contributed by atoms with Gasteiger partial charge in [0.05, 0.1) is 7.11 Å². The van der Waals surface area contributed by atoms with Crippen LogP contribution in [-0.4, -0.2) is 12.9 Å². The van der Waals surface area contributed by atoms with E-state index in [2.05, 4.69) is 15.9 Å². The van der Waals surface area contributed by atoms with E-state index >= 15 is 0 Å². The van der Waals surface area contributed by atoms with Crippen LogP contribution in [0.25, 0.3) is 0 Å². The van der Waals surface area contributed by atoms with E-state index in [0.717, 1.165) is 11.3 Å². The number of carbonyl (C=O) groups excluding carboxylic acids is 1. The summed E-state index contributed by atoms with van der Waals surface area (Å²) in [4.78, 5) is 12.3. The highest BCUT2D eigenvalue weighted by Gasteiger charge is 2.13. The Kier molecular flexibility index (Phi) is 4.22. The van der Waals surface area contributed by atoms with Gasteiger partial charge < -0.3 is 10.5 Å². The Bertz CT molecular complexity index is 611. The Labute approximate surface area is 120 Å². The Morgan fingerprint density at radius 3 is 2.68 bits per heavy atom. The molecule has 0 saturated heterocycles. The highest BCUT2D eigenvalue weighted by atomic mass is 79.9. The zero-order valence-electron chi connectivity index (χ0n) is 10.5. The van der Waals surface area contributed by atoms with Crippen LogP contribution in [0.3, 0.4) is 0 Å². The van der Waals surface area contributed by atoms with Crippen molar-refractivity contribution in [3.63, 3.8) is 0 Å². The first kappa shape index (κ1) is 13.6. The van der Waals surface area contributed by atoms with Gasteiger partial charge in [-0.2, -0.15) is 0 Å². The molecule has 0 atom stereocenters. The molecule has 0 unspecified atom stereocenters. The van der Waals surface area contributed by atoms with Gasteiger partial charge in [-0.15, -0.1) is 0 Å². The van der Waals surface area contributed by atoms with Gasteiger partial charge in [-0.3, -0.25) is 4.79 Å². The lowest BCUT2D eigenvalue weighted by Crippen LogP contribution is -2.06. The van der Waals surface area contributed by atoms with Crippen molar-refractivity contribution in [1.82, 2.24) is 0 Å². The summed E-state index contributed by atoms with van der Waals surface area (Å²) in [5.74, 6) is 0.749. The van der Waals surface area contributed by atoms with E-state index in [1.165, 1.54) is 0 Å². The minimum absolute atomic E-state index is 0.0244. The molecule has 0 aliphatic carbocycles. The van der Waals surface area contributed by atoms with E-state index in [1.807, 2.05) is 24.3 Å². The maximum atomic E-state index is 12.3. The third-order valence-corrected chi connectivity index (χ3v) is 3.49. The van der Waals surface area contributed by atoms with E-state index < -0.39 is 0 Å². The fraction of sp³-hybridized carbons (Fsp3) is 0.133. The Morgan fingerprint density at radius 1 is 1.26 bits per heavy atom. The van der Waals surface area contributed by atoms with Gasteiger partial charge in [0.25, 0.3) is 0 Å². The Morgan fingerprint density at radius 2 is 2.00 bits per heavy atom. The third-order valence-electron chi connectivity index (χ3n) is 2.84. The molecule has 0 aliphatic rings. The molecule has 0 spiro atoms. The number of rotatable bonds is 4. The number of hydrogen-bond acceptors (Lipinski definition) is 3. The molecule has 0 fully saturated rings. The summed E-state index contributed by atoms with van der Waals surface area (Å²) in [6.07, 6.45) is 0.298. The second-order valence-corrected chi connectivity index (χ2v) is 5.01. The van der Waals surface area contributed by atoms with Crippen molar-refractivity contribution in [2.45, 2.75) is 6.42 Å². The molecule has 0 saturated carbocycles. The third kappa shape index (κ3) is 3.15. The molecule has 98 valence electrons. The SMILES string of the molecule is COc1ccccc1CC(=O)c1ccc(N)cc1Br. The lowest BCUT2D eigenvalue weighted by atomic mass is 10.0. The number of nitrogen functional groups attached to an aromatic ring is 1. The highest BCUT2D eigenvalue weighted by Crippen LogP contribution is 2.24. The molecule has 2 aromatic carbocycles. The van der Waals surface area contributed by atoms with Crippen molar-refractivity contribution in [2.24, 2.45) is 0 Å². The van der Waals surface area contributed by atoms with Crippen LogP contribution < -0.4 is 10.5 Å². The van der Waals surface area contributed by atoms with Crippen molar-refractivity contribution in [1.29, 1.82) is 0 Å². The second-order valence-electron chi connectivity index (χ2n) is 4.15. The molecular formula is C15H14BrNO2. The van der Waals surface area contributed by atoms with E-state index in [9.17, 15) is 4.79 Å². The molecule has 19 heavy (non-hydrogen) atoms. The van der Waals surface area contributed by atoms with Crippen LogP contribution in [0.5, 0.6) is 5.75 Å². The number of Topliss-reactive ketones (excluding diaryl/α,β-unsaturated/α-hetero) is 1. The number of anilines is 1. The quantitative estimate of drug-likeness (QED) is 0.693. The first-order chi connectivity index (χ1) is 9.11. The number of benzene rings is 2. The zero-order chi connectivity index (χ0) is 13.8. The molecular weight excluding hydrogens is 306 g/mol. The number of carbonyl (C=O) groups is 1. The Balaban J connectivity index is 2.26. The van der Waals surface area contributed by atoms with E-state index in [-0.39, 0.29) is 5.78 Å². The summed E-state index contributed by atoms with van der Waals surface area (Å²) in [6, 6.07) is 12.7. The first-order valence-electron chi connectivity index (χ1n) is 5.82. The highest BCUT2D eigenvalue weighted by molar-refractivity contribution is 9.10. The normalized spacial score (nSPS) is 10.2. The molecule has 0 aliphatic heterocycles. The van der Waals surface area contributed by atoms with Gasteiger partial charge in [-0.1, -0.05) is 18.2 Å². The number of methoxy groups -OCH3 is 1. The van der Waals surface area contributed by atoms with Crippen molar-refractivity contribution >= 4 is 27.4 Å². The molecule has 2 rings (SSSR count).